The van der Waals surface area contributed by atoms with E-state index in [-0.39, 0.29) is 18.0 Å². The van der Waals surface area contributed by atoms with E-state index >= 15 is 0 Å². The summed E-state index contributed by atoms with van der Waals surface area (Å²) in [6.45, 7) is 3.74. The number of aromatic nitrogens is 3. The Kier molecular flexibility index (Phi) is 4.35. The number of thiazole rings is 1. The summed E-state index contributed by atoms with van der Waals surface area (Å²) >= 11 is 2.93. The Morgan fingerprint density at radius 3 is 2.83 bits per heavy atom. The summed E-state index contributed by atoms with van der Waals surface area (Å²) in [7, 11) is 0. The maximum absolute atomic E-state index is 12.1. The van der Waals surface area contributed by atoms with Crippen LogP contribution in [0.4, 0.5) is 5.13 Å². The van der Waals surface area contributed by atoms with Crippen molar-refractivity contribution in [2.45, 2.75) is 20.4 Å². The molecule has 1 N–H and O–H groups in total. The topological polar surface area (TPSA) is 76.9 Å². The zero-order valence-electron chi connectivity index (χ0n) is 12.6. The maximum Gasteiger partial charge on any atom is 0.254 e. The Bertz CT molecular complexity index is 877. The van der Waals surface area contributed by atoms with Gasteiger partial charge in [0.25, 0.3) is 5.56 Å². The van der Waals surface area contributed by atoms with Crippen LogP contribution in [0, 0.1) is 13.8 Å². The van der Waals surface area contributed by atoms with Crippen molar-refractivity contribution in [3.63, 3.8) is 0 Å². The lowest BCUT2D eigenvalue weighted by molar-refractivity contribution is -0.116. The van der Waals surface area contributed by atoms with Crippen LogP contribution in [0.2, 0.25) is 0 Å². The minimum atomic E-state index is -0.300. The molecule has 8 heteroatoms. The molecule has 3 aromatic heterocycles. The van der Waals surface area contributed by atoms with Gasteiger partial charge in [-0.2, -0.15) is 0 Å². The summed E-state index contributed by atoms with van der Waals surface area (Å²) in [5, 5.41) is 5.17. The van der Waals surface area contributed by atoms with Crippen molar-refractivity contribution >= 4 is 33.7 Å². The second-order valence-electron chi connectivity index (χ2n) is 4.93. The lowest BCUT2D eigenvalue weighted by Gasteiger charge is -2.05. The normalized spacial score (nSPS) is 10.7. The fourth-order valence-electron chi connectivity index (χ4n) is 1.94. The van der Waals surface area contributed by atoms with Crippen LogP contribution in [-0.2, 0) is 11.3 Å². The number of hydrogen-bond donors (Lipinski definition) is 1. The number of amides is 1. The Balaban J connectivity index is 1.72. The quantitative estimate of drug-likeness (QED) is 0.788. The first-order chi connectivity index (χ1) is 11.0. The standard InChI is InChI=1S/C15H14N4O2S2/c1-9-10(2)23-15(17-9)18-13(20)7-19-8-16-11(6-14(19)21)12-4-3-5-22-12/h3-6,8H,7H2,1-2H3,(H,17,18,20). The highest BCUT2D eigenvalue weighted by atomic mass is 32.1. The summed E-state index contributed by atoms with van der Waals surface area (Å²) in [6.07, 6.45) is 1.40. The van der Waals surface area contributed by atoms with Gasteiger partial charge in [-0.3, -0.25) is 14.2 Å². The molecule has 0 bridgehead atoms. The van der Waals surface area contributed by atoms with Crippen molar-refractivity contribution in [3.8, 4) is 10.6 Å². The fourth-order valence-corrected chi connectivity index (χ4v) is 3.47. The lowest BCUT2D eigenvalue weighted by atomic mass is 10.3. The number of nitrogens with zero attached hydrogens (tertiary/aromatic N) is 3. The molecule has 3 heterocycles. The molecule has 0 saturated carbocycles. The van der Waals surface area contributed by atoms with Gasteiger partial charge in [-0.1, -0.05) is 6.07 Å². The molecule has 0 aliphatic heterocycles. The van der Waals surface area contributed by atoms with Gasteiger partial charge in [0.05, 0.1) is 22.6 Å². The number of carbonyl (C=O) groups excluding carboxylic acids is 1. The van der Waals surface area contributed by atoms with Crippen LogP contribution in [0.5, 0.6) is 0 Å². The largest absolute Gasteiger partial charge is 0.300 e. The summed E-state index contributed by atoms with van der Waals surface area (Å²) in [5.74, 6) is -0.300. The van der Waals surface area contributed by atoms with Crippen LogP contribution in [0.3, 0.4) is 0 Å². The molecule has 23 heavy (non-hydrogen) atoms. The number of nitrogens with one attached hydrogen (secondary N) is 1. The Morgan fingerprint density at radius 2 is 2.22 bits per heavy atom. The van der Waals surface area contributed by atoms with E-state index in [1.807, 2.05) is 31.4 Å². The molecule has 1 amide bonds. The predicted octanol–water partition coefficient (Wildman–Crippen LogP) is 2.68. The summed E-state index contributed by atoms with van der Waals surface area (Å²) < 4.78 is 1.28. The van der Waals surface area contributed by atoms with E-state index in [1.165, 1.54) is 39.6 Å². The number of rotatable bonds is 4. The minimum Gasteiger partial charge on any atom is -0.300 e. The SMILES string of the molecule is Cc1nc(NC(=O)Cn2cnc(-c3cccs3)cc2=O)sc1C. The van der Waals surface area contributed by atoms with Crippen LogP contribution in [-0.4, -0.2) is 20.4 Å². The highest BCUT2D eigenvalue weighted by Gasteiger charge is 2.10. The molecule has 0 aliphatic carbocycles. The molecule has 0 aromatic carbocycles. The van der Waals surface area contributed by atoms with Crippen molar-refractivity contribution in [3.05, 3.63) is 50.8 Å². The molecular weight excluding hydrogens is 332 g/mol. The van der Waals surface area contributed by atoms with Gasteiger partial charge >= 0.3 is 0 Å². The van der Waals surface area contributed by atoms with E-state index in [0.29, 0.717) is 10.8 Å². The predicted molar refractivity (Wildman–Crippen MR) is 92.0 cm³/mol. The van der Waals surface area contributed by atoms with Gasteiger partial charge in [-0.15, -0.1) is 22.7 Å². The van der Waals surface area contributed by atoms with Crippen molar-refractivity contribution in [2.75, 3.05) is 5.32 Å². The third kappa shape index (κ3) is 3.54. The van der Waals surface area contributed by atoms with Crippen LogP contribution in [0.25, 0.3) is 10.6 Å². The first kappa shape index (κ1) is 15.6. The van der Waals surface area contributed by atoms with Crippen molar-refractivity contribution < 1.29 is 4.79 Å². The zero-order chi connectivity index (χ0) is 16.4. The summed E-state index contributed by atoms with van der Waals surface area (Å²) in [4.78, 5) is 34.6. The molecule has 0 saturated heterocycles. The molecule has 0 atom stereocenters. The lowest BCUT2D eigenvalue weighted by Crippen LogP contribution is -2.27. The molecule has 0 aliphatic rings. The molecule has 3 aromatic rings. The van der Waals surface area contributed by atoms with Gasteiger partial charge in [0, 0.05) is 10.9 Å². The minimum absolute atomic E-state index is 0.0891. The highest BCUT2D eigenvalue weighted by Crippen LogP contribution is 2.21. The average Bonchev–Trinajstić information content (AvgIpc) is 3.12. The van der Waals surface area contributed by atoms with Gasteiger partial charge in [-0.25, -0.2) is 9.97 Å². The van der Waals surface area contributed by atoms with E-state index < -0.39 is 0 Å². The molecule has 0 spiro atoms. The first-order valence-electron chi connectivity index (χ1n) is 6.87. The van der Waals surface area contributed by atoms with E-state index in [0.717, 1.165) is 15.4 Å². The molecular formula is C15H14N4O2S2. The zero-order valence-corrected chi connectivity index (χ0v) is 14.2. The fraction of sp³-hybridized carbons (Fsp3) is 0.200. The van der Waals surface area contributed by atoms with Gasteiger partial charge in [-0.05, 0) is 25.3 Å². The average molecular weight is 346 g/mol. The van der Waals surface area contributed by atoms with Crippen LogP contribution >= 0.6 is 22.7 Å². The van der Waals surface area contributed by atoms with E-state index in [9.17, 15) is 9.59 Å². The number of anilines is 1. The smallest absolute Gasteiger partial charge is 0.254 e. The maximum atomic E-state index is 12.1. The van der Waals surface area contributed by atoms with Crippen LogP contribution < -0.4 is 10.9 Å². The van der Waals surface area contributed by atoms with Gasteiger partial charge in [0.1, 0.15) is 6.54 Å². The Hall–Kier alpha value is -2.32. The first-order valence-corrected chi connectivity index (χ1v) is 8.57. The van der Waals surface area contributed by atoms with Crippen molar-refractivity contribution in [1.82, 2.24) is 14.5 Å². The molecule has 0 fully saturated rings. The molecule has 118 valence electrons. The number of thiophene rings is 1. The summed E-state index contributed by atoms with van der Waals surface area (Å²) in [5.41, 5.74) is 1.25. The Labute approximate surface area is 140 Å². The third-order valence-corrected chi connectivity index (χ3v) is 5.12. The van der Waals surface area contributed by atoms with Crippen LogP contribution in [0.15, 0.2) is 34.7 Å². The third-order valence-electron chi connectivity index (χ3n) is 3.24. The van der Waals surface area contributed by atoms with Crippen LogP contribution in [0.1, 0.15) is 10.6 Å². The van der Waals surface area contributed by atoms with Gasteiger partial charge < -0.3 is 5.32 Å². The molecule has 3 rings (SSSR count). The van der Waals surface area contributed by atoms with Crippen molar-refractivity contribution in [1.29, 1.82) is 0 Å². The number of hydrogen-bond acceptors (Lipinski definition) is 6. The number of carbonyl (C=O) groups is 1. The molecule has 6 nitrogen and oxygen atoms in total. The van der Waals surface area contributed by atoms with E-state index in [2.05, 4.69) is 15.3 Å². The van der Waals surface area contributed by atoms with E-state index in [4.69, 9.17) is 0 Å². The molecule has 0 unspecified atom stereocenters. The van der Waals surface area contributed by atoms with E-state index in [1.54, 1.807) is 0 Å². The monoisotopic (exact) mass is 346 g/mol. The van der Waals surface area contributed by atoms with Gasteiger partial charge in [0.2, 0.25) is 5.91 Å². The second kappa shape index (κ2) is 6.43. The highest BCUT2D eigenvalue weighted by molar-refractivity contribution is 7.15. The summed E-state index contributed by atoms with van der Waals surface area (Å²) in [6, 6.07) is 5.24. The molecule has 0 radical (unpaired) electrons. The van der Waals surface area contributed by atoms with Gasteiger partial charge in [0.15, 0.2) is 5.13 Å². The number of aryl methyl sites for hydroxylation is 2. The van der Waals surface area contributed by atoms with Crippen molar-refractivity contribution in [2.24, 2.45) is 0 Å². The Morgan fingerprint density at radius 1 is 1.39 bits per heavy atom. The second-order valence-corrected chi connectivity index (χ2v) is 7.08.